The number of hydrogen-bond donors (Lipinski definition) is 2. The Morgan fingerprint density at radius 2 is 2.05 bits per heavy atom. The van der Waals surface area contributed by atoms with Gasteiger partial charge in [-0.15, -0.1) is 0 Å². The molecule has 2 rings (SSSR count). The SMILES string of the molecule is CC(C)c1noc(NCc2ccc(C(=O)O)cc2)n1. The van der Waals surface area contributed by atoms with Gasteiger partial charge in [-0.05, 0) is 17.7 Å². The van der Waals surface area contributed by atoms with E-state index in [2.05, 4.69) is 15.5 Å². The number of nitrogens with one attached hydrogen (secondary N) is 1. The molecule has 0 saturated carbocycles. The van der Waals surface area contributed by atoms with Crippen molar-refractivity contribution >= 4 is 12.0 Å². The molecule has 0 aliphatic rings. The zero-order valence-corrected chi connectivity index (χ0v) is 10.8. The number of hydrogen-bond acceptors (Lipinski definition) is 5. The van der Waals surface area contributed by atoms with Crippen LogP contribution in [0, 0.1) is 0 Å². The number of carboxylic acid groups (broad SMARTS) is 1. The van der Waals surface area contributed by atoms with Gasteiger partial charge in [0.1, 0.15) is 0 Å². The molecule has 2 aromatic rings. The van der Waals surface area contributed by atoms with Crippen LogP contribution in [-0.4, -0.2) is 21.2 Å². The van der Waals surface area contributed by atoms with E-state index in [1.165, 1.54) is 0 Å². The molecule has 0 aliphatic carbocycles. The highest BCUT2D eigenvalue weighted by molar-refractivity contribution is 5.87. The average molecular weight is 261 g/mol. The number of benzene rings is 1. The predicted octanol–water partition coefficient (Wildman–Crippen LogP) is 2.50. The molecule has 0 unspecified atom stereocenters. The molecule has 6 heteroatoms. The minimum Gasteiger partial charge on any atom is -0.478 e. The predicted molar refractivity (Wildman–Crippen MR) is 69.1 cm³/mol. The minimum atomic E-state index is -0.932. The Balaban J connectivity index is 1.96. The number of aromatic nitrogens is 2. The van der Waals surface area contributed by atoms with Crippen LogP contribution in [0.1, 0.15) is 41.5 Å². The van der Waals surface area contributed by atoms with E-state index >= 15 is 0 Å². The van der Waals surface area contributed by atoms with Gasteiger partial charge in [0.15, 0.2) is 5.82 Å². The van der Waals surface area contributed by atoms with Crippen LogP contribution in [0.2, 0.25) is 0 Å². The van der Waals surface area contributed by atoms with Crippen molar-refractivity contribution in [2.24, 2.45) is 0 Å². The molecule has 0 amide bonds. The lowest BCUT2D eigenvalue weighted by Crippen LogP contribution is -2.01. The first kappa shape index (κ1) is 13.1. The molecule has 0 atom stereocenters. The fourth-order valence-electron chi connectivity index (χ4n) is 1.48. The molecule has 0 spiro atoms. The lowest BCUT2D eigenvalue weighted by Gasteiger charge is -2.02. The molecule has 6 nitrogen and oxygen atoms in total. The van der Waals surface area contributed by atoms with Crippen molar-refractivity contribution in [1.29, 1.82) is 0 Å². The molecule has 2 N–H and O–H groups in total. The second-order valence-corrected chi connectivity index (χ2v) is 4.47. The van der Waals surface area contributed by atoms with Gasteiger partial charge in [0.2, 0.25) is 0 Å². The average Bonchev–Trinajstić information content (AvgIpc) is 2.86. The summed E-state index contributed by atoms with van der Waals surface area (Å²) in [5.74, 6) is -0.0594. The van der Waals surface area contributed by atoms with Gasteiger partial charge in [-0.2, -0.15) is 4.98 Å². The standard InChI is InChI=1S/C13H15N3O3/c1-8(2)11-15-13(19-16-11)14-7-9-3-5-10(6-4-9)12(17)18/h3-6,8H,7H2,1-2H3,(H,17,18)(H,14,15,16). The Morgan fingerprint density at radius 3 is 2.58 bits per heavy atom. The van der Waals surface area contributed by atoms with E-state index in [1.54, 1.807) is 24.3 Å². The summed E-state index contributed by atoms with van der Waals surface area (Å²) in [6.07, 6.45) is 0. The maximum absolute atomic E-state index is 10.7. The highest BCUT2D eigenvalue weighted by atomic mass is 16.5. The molecular weight excluding hydrogens is 246 g/mol. The van der Waals surface area contributed by atoms with Gasteiger partial charge in [0.25, 0.3) is 0 Å². The third-order valence-corrected chi connectivity index (χ3v) is 2.60. The first-order valence-electron chi connectivity index (χ1n) is 5.96. The fraction of sp³-hybridized carbons (Fsp3) is 0.308. The molecule has 0 fully saturated rings. The van der Waals surface area contributed by atoms with Crippen molar-refractivity contribution in [1.82, 2.24) is 10.1 Å². The Labute approximate surface area is 110 Å². The van der Waals surface area contributed by atoms with Crippen LogP contribution in [0.25, 0.3) is 0 Å². The zero-order chi connectivity index (χ0) is 13.8. The Hall–Kier alpha value is -2.37. The van der Waals surface area contributed by atoms with Crippen LogP contribution in [-0.2, 0) is 6.54 Å². The normalized spacial score (nSPS) is 10.7. The minimum absolute atomic E-state index is 0.217. The number of anilines is 1. The Bertz CT molecular complexity index is 561. The van der Waals surface area contributed by atoms with Gasteiger partial charge in [-0.1, -0.05) is 31.1 Å². The third-order valence-electron chi connectivity index (χ3n) is 2.60. The number of carboxylic acids is 1. The topological polar surface area (TPSA) is 88.2 Å². The first-order valence-corrected chi connectivity index (χ1v) is 5.96. The van der Waals surface area contributed by atoms with E-state index < -0.39 is 5.97 Å². The van der Waals surface area contributed by atoms with Crippen LogP contribution in [0.3, 0.4) is 0 Å². The van der Waals surface area contributed by atoms with Crippen LogP contribution >= 0.6 is 0 Å². The second kappa shape index (κ2) is 5.51. The van der Waals surface area contributed by atoms with Crippen molar-refractivity contribution in [2.45, 2.75) is 26.3 Å². The maximum atomic E-state index is 10.7. The van der Waals surface area contributed by atoms with Gasteiger partial charge in [-0.3, -0.25) is 0 Å². The summed E-state index contributed by atoms with van der Waals surface area (Å²) in [6, 6.07) is 6.98. The molecule has 0 bridgehead atoms. The van der Waals surface area contributed by atoms with E-state index in [1.807, 2.05) is 13.8 Å². The lowest BCUT2D eigenvalue weighted by atomic mass is 10.1. The van der Waals surface area contributed by atoms with E-state index in [4.69, 9.17) is 9.63 Å². The summed E-state index contributed by atoms with van der Waals surface area (Å²) in [5.41, 5.74) is 1.21. The smallest absolute Gasteiger partial charge is 0.335 e. The second-order valence-electron chi connectivity index (χ2n) is 4.47. The number of rotatable bonds is 5. The molecule has 100 valence electrons. The van der Waals surface area contributed by atoms with E-state index in [0.29, 0.717) is 18.4 Å². The van der Waals surface area contributed by atoms with Gasteiger partial charge in [-0.25, -0.2) is 4.79 Å². The third kappa shape index (κ3) is 3.31. The van der Waals surface area contributed by atoms with Gasteiger partial charge in [0, 0.05) is 12.5 Å². The van der Waals surface area contributed by atoms with Gasteiger partial charge < -0.3 is 14.9 Å². The monoisotopic (exact) mass is 261 g/mol. The summed E-state index contributed by atoms with van der Waals surface area (Å²) < 4.78 is 5.04. The highest BCUT2D eigenvalue weighted by Gasteiger charge is 2.09. The van der Waals surface area contributed by atoms with Crippen molar-refractivity contribution in [3.63, 3.8) is 0 Å². The summed E-state index contributed by atoms with van der Waals surface area (Å²) in [4.78, 5) is 14.9. The number of aromatic carboxylic acids is 1. The molecule has 19 heavy (non-hydrogen) atoms. The summed E-state index contributed by atoms with van der Waals surface area (Å²) in [6.45, 7) is 4.47. The Morgan fingerprint density at radius 1 is 1.37 bits per heavy atom. The summed E-state index contributed by atoms with van der Waals surface area (Å²) >= 11 is 0. The zero-order valence-electron chi connectivity index (χ0n) is 10.8. The molecule has 1 heterocycles. The maximum Gasteiger partial charge on any atom is 0.335 e. The van der Waals surface area contributed by atoms with Crippen molar-refractivity contribution in [3.05, 3.63) is 41.2 Å². The van der Waals surface area contributed by atoms with E-state index in [-0.39, 0.29) is 11.5 Å². The summed E-state index contributed by atoms with van der Waals surface area (Å²) in [5, 5.41) is 15.6. The molecule has 1 aromatic carbocycles. The first-order chi connectivity index (χ1) is 9.06. The molecule has 0 radical (unpaired) electrons. The molecule has 0 aliphatic heterocycles. The van der Waals surface area contributed by atoms with Crippen LogP contribution in [0.5, 0.6) is 0 Å². The number of nitrogens with zero attached hydrogens (tertiary/aromatic N) is 2. The Kier molecular flexibility index (Phi) is 3.79. The van der Waals surface area contributed by atoms with Gasteiger partial charge in [0.05, 0.1) is 5.56 Å². The fourth-order valence-corrected chi connectivity index (χ4v) is 1.48. The quantitative estimate of drug-likeness (QED) is 0.859. The van der Waals surface area contributed by atoms with Crippen LogP contribution in [0.15, 0.2) is 28.8 Å². The molecular formula is C13H15N3O3. The van der Waals surface area contributed by atoms with E-state index in [9.17, 15) is 4.79 Å². The van der Waals surface area contributed by atoms with Gasteiger partial charge >= 0.3 is 12.0 Å². The van der Waals surface area contributed by atoms with Crippen LogP contribution < -0.4 is 5.32 Å². The van der Waals surface area contributed by atoms with Crippen molar-refractivity contribution in [2.75, 3.05) is 5.32 Å². The van der Waals surface area contributed by atoms with E-state index in [0.717, 1.165) is 5.56 Å². The molecule has 0 saturated heterocycles. The molecule has 1 aromatic heterocycles. The largest absolute Gasteiger partial charge is 0.478 e. The summed E-state index contributed by atoms with van der Waals surface area (Å²) in [7, 11) is 0. The van der Waals surface area contributed by atoms with Crippen LogP contribution in [0.4, 0.5) is 6.01 Å². The number of carbonyl (C=O) groups is 1. The van der Waals surface area contributed by atoms with Crippen molar-refractivity contribution < 1.29 is 14.4 Å². The lowest BCUT2D eigenvalue weighted by molar-refractivity contribution is 0.0697. The highest BCUT2D eigenvalue weighted by Crippen LogP contribution is 2.13. The van der Waals surface area contributed by atoms with Crippen molar-refractivity contribution in [3.8, 4) is 0 Å².